The zero-order chi connectivity index (χ0) is 15.3. The monoisotopic (exact) mass is 328 g/mol. The minimum Gasteiger partial charge on any atom is -0.363 e. The van der Waals surface area contributed by atoms with Crippen LogP contribution in [-0.2, 0) is 16.6 Å². The number of hydrogen-bond acceptors (Lipinski definition) is 5. The fraction of sp³-hybridized carbons (Fsp3) is 0.462. The molecule has 1 atom stereocenters. The van der Waals surface area contributed by atoms with Crippen molar-refractivity contribution in [3.63, 3.8) is 0 Å². The van der Waals surface area contributed by atoms with E-state index < -0.39 is 10.0 Å². The molecule has 0 saturated carbocycles. The molecule has 2 rings (SSSR count). The predicted octanol–water partition coefficient (Wildman–Crippen LogP) is 1.66. The lowest BCUT2D eigenvalue weighted by molar-refractivity contribution is 0.575. The standard InChI is InChI=1S/C13H20N4O2S2/c1-3-14-8-11-6-12(9-16-11)21(18,19)17-7-10(2)13-15-4-5-20-13/h4-6,9-10,14,16-17H,3,7-8H2,1-2H3. The molecule has 0 fully saturated rings. The van der Waals surface area contributed by atoms with Gasteiger partial charge in [0.2, 0.25) is 10.0 Å². The fourth-order valence-corrected chi connectivity index (χ4v) is 3.67. The Labute approximate surface area is 129 Å². The first-order valence-electron chi connectivity index (χ1n) is 6.80. The minimum atomic E-state index is -3.48. The molecule has 2 aromatic rings. The Morgan fingerprint density at radius 2 is 2.29 bits per heavy atom. The quantitative estimate of drug-likeness (QED) is 0.688. The second-order valence-electron chi connectivity index (χ2n) is 4.76. The Balaban J connectivity index is 1.96. The highest BCUT2D eigenvalue weighted by Crippen LogP contribution is 2.18. The number of rotatable bonds is 8. The number of aromatic amines is 1. The summed E-state index contributed by atoms with van der Waals surface area (Å²) in [7, 11) is -3.48. The van der Waals surface area contributed by atoms with Crippen LogP contribution in [0.15, 0.2) is 28.7 Å². The van der Waals surface area contributed by atoms with E-state index in [4.69, 9.17) is 0 Å². The van der Waals surface area contributed by atoms with E-state index in [9.17, 15) is 8.42 Å². The van der Waals surface area contributed by atoms with E-state index in [1.807, 2.05) is 19.2 Å². The second-order valence-corrected chi connectivity index (χ2v) is 7.46. The zero-order valence-electron chi connectivity index (χ0n) is 12.1. The summed E-state index contributed by atoms with van der Waals surface area (Å²) in [6, 6.07) is 1.65. The van der Waals surface area contributed by atoms with E-state index in [2.05, 4.69) is 20.0 Å². The van der Waals surface area contributed by atoms with Crippen LogP contribution in [0.25, 0.3) is 0 Å². The van der Waals surface area contributed by atoms with Crippen molar-refractivity contribution >= 4 is 21.4 Å². The van der Waals surface area contributed by atoms with Gasteiger partial charge in [0.15, 0.2) is 0 Å². The number of thiazole rings is 1. The van der Waals surface area contributed by atoms with Crippen molar-refractivity contribution in [3.8, 4) is 0 Å². The van der Waals surface area contributed by atoms with Crippen molar-refractivity contribution < 1.29 is 8.42 Å². The first kappa shape index (κ1) is 16.2. The average Bonchev–Trinajstić information content (AvgIpc) is 3.13. The van der Waals surface area contributed by atoms with E-state index in [-0.39, 0.29) is 10.8 Å². The second kappa shape index (κ2) is 7.17. The minimum absolute atomic E-state index is 0.0555. The molecule has 6 nitrogen and oxygen atoms in total. The van der Waals surface area contributed by atoms with Gasteiger partial charge in [-0.25, -0.2) is 18.1 Å². The summed E-state index contributed by atoms with van der Waals surface area (Å²) in [6.45, 7) is 5.76. The molecule has 21 heavy (non-hydrogen) atoms. The summed E-state index contributed by atoms with van der Waals surface area (Å²) >= 11 is 1.53. The normalized spacial score (nSPS) is 13.4. The highest BCUT2D eigenvalue weighted by molar-refractivity contribution is 7.89. The van der Waals surface area contributed by atoms with Crippen LogP contribution >= 0.6 is 11.3 Å². The van der Waals surface area contributed by atoms with Gasteiger partial charge in [-0.05, 0) is 12.6 Å². The smallest absolute Gasteiger partial charge is 0.242 e. The van der Waals surface area contributed by atoms with Crippen molar-refractivity contribution in [2.45, 2.75) is 31.2 Å². The van der Waals surface area contributed by atoms with Gasteiger partial charge in [-0.15, -0.1) is 11.3 Å². The Bertz CT molecular complexity index is 650. The molecule has 1 unspecified atom stereocenters. The van der Waals surface area contributed by atoms with Gasteiger partial charge in [-0.1, -0.05) is 13.8 Å². The molecule has 0 spiro atoms. The molecule has 0 saturated heterocycles. The molecule has 0 radical (unpaired) electrons. The summed E-state index contributed by atoms with van der Waals surface area (Å²) in [4.78, 5) is 7.43. The maximum atomic E-state index is 12.2. The van der Waals surface area contributed by atoms with Crippen LogP contribution in [0.5, 0.6) is 0 Å². The summed E-state index contributed by atoms with van der Waals surface area (Å²) in [6.07, 6.45) is 3.24. The van der Waals surface area contributed by atoms with Gasteiger partial charge in [0.05, 0.1) is 9.90 Å². The van der Waals surface area contributed by atoms with Crippen LogP contribution in [0, 0.1) is 0 Å². The third-order valence-corrected chi connectivity index (χ3v) is 5.45. The summed E-state index contributed by atoms with van der Waals surface area (Å²) in [5, 5.41) is 5.96. The van der Waals surface area contributed by atoms with Gasteiger partial charge >= 0.3 is 0 Å². The van der Waals surface area contributed by atoms with Gasteiger partial charge < -0.3 is 10.3 Å². The number of H-pyrrole nitrogens is 1. The predicted molar refractivity (Wildman–Crippen MR) is 83.9 cm³/mol. The molecule has 8 heteroatoms. The number of hydrogen-bond donors (Lipinski definition) is 3. The maximum Gasteiger partial charge on any atom is 0.242 e. The lowest BCUT2D eigenvalue weighted by Gasteiger charge is -2.09. The van der Waals surface area contributed by atoms with Gasteiger partial charge in [0.1, 0.15) is 0 Å². The summed E-state index contributed by atoms with van der Waals surface area (Å²) in [5.74, 6) is 0.0555. The topological polar surface area (TPSA) is 86.9 Å². The van der Waals surface area contributed by atoms with Gasteiger partial charge in [0, 0.05) is 42.5 Å². The molecular weight excluding hydrogens is 308 g/mol. The molecule has 3 N–H and O–H groups in total. The average molecular weight is 328 g/mol. The SMILES string of the molecule is CCNCc1cc(S(=O)(=O)NCC(C)c2nccs2)c[nH]1. The zero-order valence-corrected chi connectivity index (χ0v) is 13.7. The van der Waals surface area contributed by atoms with Gasteiger partial charge in [-0.2, -0.15) is 0 Å². The molecule has 0 aromatic carbocycles. The third kappa shape index (κ3) is 4.37. The van der Waals surface area contributed by atoms with Crippen molar-refractivity contribution in [2.75, 3.05) is 13.1 Å². The molecular formula is C13H20N4O2S2. The largest absolute Gasteiger partial charge is 0.363 e. The third-order valence-electron chi connectivity index (χ3n) is 3.04. The van der Waals surface area contributed by atoms with E-state index in [1.165, 1.54) is 17.5 Å². The molecule has 0 aliphatic carbocycles. The fourth-order valence-electron chi connectivity index (χ4n) is 1.82. The Morgan fingerprint density at radius 1 is 1.48 bits per heavy atom. The Hall–Kier alpha value is -1.22. The molecule has 2 heterocycles. The Kier molecular flexibility index (Phi) is 5.51. The van der Waals surface area contributed by atoms with E-state index >= 15 is 0 Å². The Morgan fingerprint density at radius 3 is 2.95 bits per heavy atom. The summed E-state index contributed by atoms with van der Waals surface area (Å²) in [5.41, 5.74) is 0.852. The molecule has 116 valence electrons. The van der Waals surface area contributed by atoms with Crippen LogP contribution in [-0.4, -0.2) is 31.5 Å². The molecule has 0 amide bonds. The lowest BCUT2D eigenvalue weighted by Crippen LogP contribution is -2.27. The molecule has 0 aliphatic heterocycles. The van der Waals surface area contributed by atoms with Crippen LogP contribution in [0.4, 0.5) is 0 Å². The van der Waals surface area contributed by atoms with Crippen molar-refractivity contribution in [1.29, 1.82) is 0 Å². The van der Waals surface area contributed by atoms with Crippen molar-refractivity contribution in [2.24, 2.45) is 0 Å². The highest BCUT2D eigenvalue weighted by atomic mass is 32.2. The van der Waals surface area contributed by atoms with Crippen LogP contribution < -0.4 is 10.0 Å². The van der Waals surface area contributed by atoms with Gasteiger partial charge in [0.25, 0.3) is 0 Å². The van der Waals surface area contributed by atoms with E-state index in [0.29, 0.717) is 13.1 Å². The van der Waals surface area contributed by atoms with Crippen molar-refractivity contribution in [1.82, 2.24) is 20.0 Å². The van der Waals surface area contributed by atoms with Gasteiger partial charge in [-0.3, -0.25) is 0 Å². The molecule has 0 aliphatic rings. The summed E-state index contributed by atoms with van der Waals surface area (Å²) < 4.78 is 27.1. The molecule has 0 bridgehead atoms. The highest BCUT2D eigenvalue weighted by Gasteiger charge is 2.18. The van der Waals surface area contributed by atoms with Crippen LogP contribution in [0.3, 0.4) is 0 Å². The molecule has 2 aromatic heterocycles. The van der Waals surface area contributed by atoms with Crippen molar-refractivity contribution in [3.05, 3.63) is 34.5 Å². The number of nitrogens with zero attached hydrogens (tertiary/aromatic N) is 1. The van der Waals surface area contributed by atoms with E-state index in [0.717, 1.165) is 17.2 Å². The lowest BCUT2D eigenvalue weighted by atomic mass is 10.2. The first-order valence-corrected chi connectivity index (χ1v) is 9.16. The van der Waals surface area contributed by atoms with E-state index in [1.54, 1.807) is 12.3 Å². The van der Waals surface area contributed by atoms with Crippen LogP contribution in [0.2, 0.25) is 0 Å². The van der Waals surface area contributed by atoms with Crippen LogP contribution in [0.1, 0.15) is 30.5 Å². The first-order chi connectivity index (χ1) is 10.0. The number of nitrogens with one attached hydrogen (secondary N) is 3. The number of aromatic nitrogens is 2. The number of sulfonamides is 1. The maximum absolute atomic E-state index is 12.2.